The second kappa shape index (κ2) is 8.11. The van der Waals surface area contributed by atoms with Gasteiger partial charge in [0.05, 0.1) is 12.3 Å². The van der Waals surface area contributed by atoms with Crippen LogP contribution in [0, 0.1) is 6.92 Å². The minimum atomic E-state index is 0.0445. The zero-order chi connectivity index (χ0) is 17.6. The summed E-state index contributed by atoms with van der Waals surface area (Å²) in [6.45, 7) is 4.88. The van der Waals surface area contributed by atoms with Gasteiger partial charge in [0.25, 0.3) is 5.56 Å². The summed E-state index contributed by atoms with van der Waals surface area (Å²) in [5.41, 5.74) is 2.04. The van der Waals surface area contributed by atoms with Crippen LogP contribution in [0.3, 0.4) is 0 Å². The lowest BCUT2D eigenvalue weighted by atomic mass is 10.0. The highest BCUT2D eigenvalue weighted by Crippen LogP contribution is 2.25. The Hall–Kier alpha value is -2.41. The molecule has 0 spiro atoms. The predicted molar refractivity (Wildman–Crippen MR) is 98.3 cm³/mol. The lowest BCUT2D eigenvalue weighted by Crippen LogP contribution is -2.22. The highest BCUT2D eigenvalue weighted by atomic mass is 16.5. The summed E-state index contributed by atoms with van der Waals surface area (Å²) in [7, 11) is 1.82. The third kappa shape index (κ3) is 4.36. The SMILES string of the molecule is CNc1nc(NCCCn2c(C)cccc2=O)cc(C2CCOC2)n1. The van der Waals surface area contributed by atoms with E-state index in [1.807, 2.05) is 26.1 Å². The Bertz CT molecular complexity index is 768. The number of rotatable bonds is 7. The molecule has 3 rings (SSSR count). The number of nitrogens with zero attached hydrogens (tertiary/aromatic N) is 3. The monoisotopic (exact) mass is 343 g/mol. The van der Waals surface area contributed by atoms with Crippen LogP contribution in [0.25, 0.3) is 0 Å². The van der Waals surface area contributed by atoms with Crippen LogP contribution in [0.5, 0.6) is 0 Å². The number of aromatic nitrogens is 3. The summed E-state index contributed by atoms with van der Waals surface area (Å²) >= 11 is 0. The molecule has 3 heterocycles. The van der Waals surface area contributed by atoms with E-state index in [-0.39, 0.29) is 5.56 Å². The summed E-state index contributed by atoms with van der Waals surface area (Å²) in [5, 5.41) is 6.36. The first-order valence-corrected chi connectivity index (χ1v) is 8.72. The zero-order valence-corrected chi connectivity index (χ0v) is 14.8. The Balaban J connectivity index is 1.61. The molecule has 2 aromatic heterocycles. The average Bonchev–Trinajstić information content (AvgIpc) is 3.15. The fourth-order valence-electron chi connectivity index (χ4n) is 3.01. The summed E-state index contributed by atoms with van der Waals surface area (Å²) in [4.78, 5) is 20.9. The topological polar surface area (TPSA) is 81.1 Å². The van der Waals surface area contributed by atoms with Crippen molar-refractivity contribution in [1.82, 2.24) is 14.5 Å². The second-order valence-corrected chi connectivity index (χ2v) is 6.25. The molecule has 0 aliphatic carbocycles. The standard InChI is InChI=1S/C18H25N5O2/c1-13-5-3-6-17(24)23(13)9-4-8-20-16-11-15(14-7-10-25-12-14)21-18(19-2)22-16/h3,5-6,11,14H,4,7-10,12H2,1-2H3,(H2,19,20,21,22). The van der Waals surface area contributed by atoms with Gasteiger partial charge in [0.1, 0.15) is 5.82 Å². The van der Waals surface area contributed by atoms with E-state index in [0.29, 0.717) is 18.4 Å². The molecule has 2 N–H and O–H groups in total. The number of aryl methyl sites for hydroxylation is 1. The summed E-state index contributed by atoms with van der Waals surface area (Å²) in [6.07, 6.45) is 1.83. The van der Waals surface area contributed by atoms with Gasteiger partial charge in [-0.05, 0) is 25.8 Å². The maximum Gasteiger partial charge on any atom is 0.250 e. The largest absolute Gasteiger partial charge is 0.381 e. The highest BCUT2D eigenvalue weighted by Gasteiger charge is 2.20. The number of hydrogen-bond donors (Lipinski definition) is 2. The third-order valence-corrected chi connectivity index (χ3v) is 4.45. The van der Waals surface area contributed by atoms with E-state index in [1.165, 1.54) is 0 Å². The van der Waals surface area contributed by atoms with Crippen molar-refractivity contribution in [2.75, 3.05) is 37.4 Å². The molecule has 134 valence electrons. The minimum absolute atomic E-state index is 0.0445. The molecule has 7 heteroatoms. The van der Waals surface area contributed by atoms with Gasteiger partial charge >= 0.3 is 0 Å². The molecule has 2 aromatic rings. The van der Waals surface area contributed by atoms with Crippen molar-refractivity contribution in [1.29, 1.82) is 0 Å². The van der Waals surface area contributed by atoms with Gasteiger partial charge in [-0.3, -0.25) is 4.79 Å². The van der Waals surface area contributed by atoms with E-state index in [9.17, 15) is 4.79 Å². The van der Waals surface area contributed by atoms with Crippen LogP contribution in [-0.4, -0.2) is 41.3 Å². The Morgan fingerprint density at radius 1 is 1.36 bits per heavy atom. The third-order valence-electron chi connectivity index (χ3n) is 4.45. The van der Waals surface area contributed by atoms with Crippen LogP contribution in [-0.2, 0) is 11.3 Å². The fraction of sp³-hybridized carbons (Fsp3) is 0.500. The molecule has 25 heavy (non-hydrogen) atoms. The number of pyridine rings is 1. The van der Waals surface area contributed by atoms with Gasteiger partial charge in [0, 0.05) is 50.5 Å². The molecule has 0 saturated carbocycles. The number of anilines is 2. The van der Waals surface area contributed by atoms with Crippen LogP contribution in [0.1, 0.15) is 30.1 Å². The van der Waals surface area contributed by atoms with Crippen molar-refractivity contribution < 1.29 is 4.74 Å². The zero-order valence-electron chi connectivity index (χ0n) is 14.8. The Labute approximate surface area is 147 Å². The van der Waals surface area contributed by atoms with Gasteiger partial charge in [-0.2, -0.15) is 4.98 Å². The van der Waals surface area contributed by atoms with E-state index in [4.69, 9.17) is 4.74 Å². The highest BCUT2D eigenvalue weighted by molar-refractivity contribution is 5.43. The number of nitrogens with one attached hydrogen (secondary N) is 2. The molecule has 0 bridgehead atoms. The molecule has 1 atom stereocenters. The molecule has 1 fully saturated rings. The molecule has 7 nitrogen and oxygen atoms in total. The Morgan fingerprint density at radius 3 is 2.96 bits per heavy atom. The van der Waals surface area contributed by atoms with Crippen LogP contribution >= 0.6 is 0 Å². The maximum absolute atomic E-state index is 11.9. The molecule has 0 radical (unpaired) electrons. The van der Waals surface area contributed by atoms with Gasteiger partial charge in [0.15, 0.2) is 0 Å². The van der Waals surface area contributed by atoms with E-state index < -0.39 is 0 Å². The number of hydrogen-bond acceptors (Lipinski definition) is 6. The first-order valence-electron chi connectivity index (χ1n) is 8.72. The normalized spacial score (nSPS) is 16.8. The first-order chi connectivity index (χ1) is 12.2. The Kier molecular flexibility index (Phi) is 5.65. The van der Waals surface area contributed by atoms with Crippen molar-refractivity contribution in [3.05, 3.63) is 46.0 Å². The molecular weight excluding hydrogens is 318 g/mol. The smallest absolute Gasteiger partial charge is 0.250 e. The number of ether oxygens (including phenoxy) is 1. The van der Waals surface area contributed by atoms with Gasteiger partial charge in [0.2, 0.25) is 5.95 Å². The van der Waals surface area contributed by atoms with Gasteiger partial charge in [-0.25, -0.2) is 4.98 Å². The maximum atomic E-state index is 11.9. The van der Waals surface area contributed by atoms with Crippen LogP contribution < -0.4 is 16.2 Å². The molecule has 0 amide bonds. The molecule has 1 aliphatic rings. The van der Waals surface area contributed by atoms with E-state index in [1.54, 1.807) is 16.7 Å². The van der Waals surface area contributed by atoms with Gasteiger partial charge < -0.3 is 19.9 Å². The van der Waals surface area contributed by atoms with Crippen LogP contribution in [0.2, 0.25) is 0 Å². The van der Waals surface area contributed by atoms with Gasteiger partial charge in [-0.1, -0.05) is 6.07 Å². The summed E-state index contributed by atoms with van der Waals surface area (Å²) in [6, 6.07) is 7.34. The van der Waals surface area contributed by atoms with E-state index >= 15 is 0 Å². The average molecular weight is 343 g/mol. The van der Waals surface area contributed by atoms with Crippen LogP contribution in [0.4, 0.5) is 11.8 Å². The van der Waals surface area contributed by atoms with Crippen molar-refractivity contribution in [2.24, 2.45) is 0 Å². The summed E-state index contributed by atoms with van der Waals surface area (Å²) in [5.74, 6) is 1.75. The lowest BCUT2D eigenvalue weighted by molar-refractivity contribution is 0.193. The molecular formula is C18H25N5O2. The van der Waals surface area contributed by atoms with Crippen molar-refractivity contribution >= 4 is 11.8 Å². The lowest BCUT2D eigenvalue weighted by Gasteiger charge is -2.13. The second-order valence-electron chi connectivity index (χ2n) is 6.25. The minimum Gasteiger partial charge on any atom is -0.381 e. The quantitative estimate of drug-likeness (QED) is 0.749. The van der Waals surface area contributed by atoms with E-state index in [2.05, 4.69) is 20.6 Å². The van der Waals surface area contributed by atoms with Crippen LogP contribution in [0.15, 0.2) is 29.1 Å². The molecule has 1 aliphatic heterocycles. The van der Waals surface area contributed by atoms with E-state index in [0.717, 1.165) is 49.8 Å². The molecule has 0 aromatic carbocycles. The Morgan fingerprint density at radius 2 is 2.24 bits per heavy atom. The predicted octanol–water partition coefficient (Wildman–Crippen LogP) is 1.99. The molecule has 1 saturated heterocycles. The van der Waals surface area contributed by atoms with Crippen molar-refractivity contribution in [3.8, 4) is 0 Å². The molecule has 1 unspecified atom stereocenters. The van der Waals surface area contributed by atoms with Crippen molar-refractivity contribution in [3.63, 3.8) is 0 Å². The first kappa shape index (κ1) is 17.4. The summed E-state index contributed by atoms with van der Waals surface area (Å²) < 4.78 is 7.25. The van der Waals surface area contributed by atoms with Crippen molar-refractivity contribution in [2.45, 2.75) is 32.2 Å². The van der Waals surface area contributed by atoms with Gasteiger partial charge in [-0.15, -0.1) is 0 Å². The fourth-order valence-corrected chi connectivity index (χ4v) is 3.01.